The van der Waals surface area contributed by atoms with E-state index in [1.54, 1.807) is 12.1 Å². The van der Waals surface area contributed by atoms with Gasteiger partial charge in [0.25, 0.3) is 11.1 Å². The maximum atomic E-state index is 12.8. The third-order valence-electron chi connectivity index (χ3n) is 5.04. The van der Waals surface area contributed by atoms with E-state index in [1.807, 2.05) is 55.6 Å². The summed E-state index contributed by atoms with van der Waals surface area (Å²) in [4.78, 5) is 38.9. The number of hydrogen-bond donors (Lipinski definition) is 1. The lowest BCUT2D eigenvalue weighted by atomic mass is 10.1. The van der Waals surface area contributed by atoms with E-state index in [4.69, 9.17) is 0 Å². The van der Waals surface area contributed by atoms with Crippen molar-refractivity contribution in [1.82, 2.24) is 9.47 Å². The molecule has 2 aromatic carbocycles. The Kier molecular flexibility index (Phi) is 5.46. The Morgan fingerprint density at radius 3 is 2.60 bits per heavy atom. The van der Waals surface area contributed by atoms with Gasteiger partial charge in [-0.1, -0.05) is 36.4 Å². The predicted octanol–water partition coefficient (Wildman–Crippen LogP) is 4.64. The summed E-state index contributed by atoms with van der Waals surface area (Å²) < 4.78 is 2.10. The number of aromatic nitrogens is 1. The third kappa shape index (κ3) is 3.76. The molecule has 3 aromatic rings. The van der Waals surface area contributed by atoms with Gasteiger partial charge in [0.2, 0.25) is 5.91 Å². The Hall–Kier alpha value is -3.32. The minimum Gasteiger partial charge on any atom is -0.347 e. The summed E-state index contributed by atoms with van der Waals surface area (Å²) in [5.74, 6) is -0.853. The molecular weight excluding hydrogens is 398 g/mol. The number of anilines is 1. The van der Waals surface area contributed by atoms with E-state index in [2.05, 4.69) is 16.8 Å². The van der Waals surface area contributed by atoms with E-state index in [0.29, 0.717) is 10.6 Å². The summed E-state index contributed by atoms with van der Waals surface area (Å²) in [5.41, 5.74) is 3.52. The molecule has 0 aliphatic carbocycles. The van der Waals surface area contributed by atoms with Crippen molar-refractivity contribution in [2.75, 3.05) is 11.9 Å². The maximum absolute atomic E-state index is 12.8. The second-order valence-corrected chi connectivity index (χ2v) is 8.01. The SMILES string of the molecule is CCn1cc(/C=C2/SC(=O)N(CC(=O)Nc3ccccc3C)C2=O)c2ccccc21. The van der Waals surface area contributed by atoms with Crippen LogP contribution in [-0.4, -0.2) is 33.1 Å². The zero-order valence-electron chi connectivity index (χ0n) is 16.7. The van der Waals surface area contributed by atoms with Gasteiger partial charge in [-0.25, -0.2) is 0 Å². The highest BCUT2D eigenvalue weighted by Gasteiger charge is 2.36. The zero-order valence-corrected chi connectivity index (χ0v) is 17.5. The van der Waals surface area contributed by atoms with E-state index >= 15 is 0 Å². The van der Waals surface area contributed by atoms with Gasteiger partial charge in [-0.05, 0) is 49.4 Å². The van der Waals surface area contributed by atoms with E-state index in [0.717, 1.165) is 45.2 Å². The lowest BCUT2D eigenvalue weighted by Crippen LogP contribution is -2.36. The van der Waals surface area contributed by atoms with Gasteiger partial charge >= 0.3 is 0 Å². The van der Waals surface area contributed by atoms with Crippen LogP contribution in [0.2, 0.25) is 0 Å². The molecule has 0 radical (unpaired) electrons. The van der Waals surface area contributed by atoms with Gasteiger partial charge in [0.1, 0.15) is 6.54 Å². The molecule has 0 spiro atoms. The highest BCUT2D eigenvalue weighted by Crippen LogP contribution is 2.34. The largest absolute Gasteiger partial charge is 0.347 e. The number of thioether (sulfide) groups is 1. The van der Waals surface area contributed by atoms with Crippen molar-refractivity contribution in [1.29, 1.82) is 0 Å². The highest BCUT2D eigenvalue weighted by atomic mass is 32.2. The fourth-order valence-electron chi connectivity index (χ4n) is 3.48. The molecule has 1 aliphatic heterocycles. The Morgan fingerprint density at radius 2 is 1.83 bits per heavy atom. The number of benzene rings is 2. The summed E-state index contributed by atoms with van der Waals surface area (Å²) in [7, 11) is 0. The zero-order chi connectivity index (χ0) is 21.3. The maximum Gasteiger partial charge on any atom is 0.294 e. The van der Waals surface area contributed by atoms with Crippen LogP contribution in [0.3, 0.4) is 0 Å². The molecule has 1 aromatic heterocycles. The van der Waals surface area contributed by atoms with Crippen molar-refractivity contribution in [3.8, 4) is 0 Å². The first-order valence-electron chi connectivity index (χ1n) is 9.66. The average Bonchev–Trinajstić information content (AvgIpc) is 3.22. The van der Waals surface area contributed by atoms with Crippen LogP contribution < -0.4 is 5.32 Å². The number of carbonyl (C=O) groups excluding carboxylic acids is 3. The molecule has 30 heavy (non-hydrogen) atoms. The van der Waals surface area contributed by atoms with Crippen LogP contribution in [0.4, 0.5) is 10.5 Å². The smallest absolute Gasteiger partial charge is 0.294 e. The lowest BCUT2D eigenvalue weighted by molar-refractivity contribution is -0.127. The predicted molar refractivity (Wildman–Crippen MR) is 120 cm³/mol. The van der Waals surface area contributed by atoms with Crippen molar-refractivity contribution >= 4 is 51.5 Å². The molecule has 2 heterocycles. The van der Waals surface area contributed by atoms with Crippen molar-refractivity contribution in [2.24, 2.45) is 0 Å². The second kappa shape index (κ2) is 8.20. The van der Waals surface area contributed by atoms with Crippen molar-refractivity contribution in [2.45, 2.75) is 20.4 Å². The summed E-state index contributed by atoms with van der Waals surface area (Å²) in [5, 5.41) is 3.34. The first kappa shape index (κ1) is 20.0. The summed E-state index contributed by atoms with van der Waals surface area (Å²) in [6.07, 6.45) is 3.71. The van der Waals surface area contributed by atoms with E-state index in [9.17, 15) is 14.4 Å². The molecule has 7 heteroatoms. The number of amides is 3. The van der Waals surface area contributed by atoms with Gasteiger partial charge in [0, 0.05) is 34.9 Å². The first-order chi connectivity index (χ1) is 14.5. The number of hydrogen-bond acceptors (Lipinski definition) is 4. The number of aryl methyl sites for hydroxylation is 2. The Morgan fingerprint density at radius 1 is 1.10 bits per heavy atom. The topological polar surface area (TPSA) is 71.4 Å². The van der Waals surface area contributed by atoms with Crippen LogP contribution in [0.1, 0.15) is 18.1 Å². The molecule has 6 nitrogen and oxygen atoms in total. The van der Waals surface area contributed by atoms with Gasteiger partial charge in [-0.15, -0.1) is 0 Å². The monoisotopic (exact) mass is 419 g/mol. The summed E-state index contributed by atoms with van der Waals surface area (Å²) in [6, 6.07) is 15.3. The average molecular weight is 420 g/mol. The molecule has 152 valence electrons. The second-order valence-electron chi connectivity index (χ2n) is 7.02. The minimum absolute atomic E-state index is 0.312. The van der Waals surface area contributed by atoms with E-state index in [-0.39, 0.29) is 6.54 Å². The number of rotatable bonds is 5. The molecule has 0 bridgehead atoms. The van der Waals surface area contributed by atoms with Gasteiger partial charge in [0.15, 0.2) is 0 Å². The van der Waals surface area contributed by atoms with Gasteiger partial charge in [0.05, 0.1) is 4.91 Å². The number of imide groups is 1. The molecule has 1 fully saturated rings. The standard InChI is InChI=1S/C23H21N3O3S/c1-3-25-13-16(17-9-5-7-11-19(17)25)12-20-22(28)26(23(29)30-20)14-21(27)24-18-10-6-4-8-15(18)2/h4-13H,3,14H2,1-2H3,(H,24,27)/b20-12+. The molecule has 0 unspecified atom stereocenters. The lowest BCUT2D eigenvalue weighted by Gasteiger charge is -2.13. The number of nitrogens with one attached hydrogen (secondary N) is 1. The number of para-hydroxylation sites is 2. The summed E-state index contributed by atoms with van der Waals surface area (Å²) >= 11 is 0.863. The molecule has 0 saturated carbocycles. The highest BCUT2D eigenvalue weighted by molar-refractivity contribution is 8.18. The van der Waals surface area contributed by atoms with Crippen molar-refractivity contribution < 1.29 is 14.4 Å². The van der Waals surface area contributed by atoms with Crippen LogP contribution in [0.5, 0.6) is 0 Å². The van der Waals surface area contributed by atoms with Crippen LogP contribution >= 0.6 is 11.8 Å². The van der Waals surface area contributed by atoms with Crippen LogP contribution in [0, 0.1) is 6.92 Å². The first-order valence-corrected chi connectivity index (χ1v) is 10.5. The third-order valence-corrected chi connectivity index (χ3v) is 5.95. The van der Waals surface area contributed by atoms with Crippen molar-refractivity contribution in [3.63, 3.8) is 0 Å². The Labute approximate surface area is 178 Å². The van der Waals surface area contributed by atoms with Crippen LogP contribution in [0.25, 0.3) is 17.0 Å². The quantitative estimate of drug-likeness (QED) is 0.612. The van der Waals surface area contributed by atoms with Crippen LogP contribution in [0.15, 0.2) is 59.6 Å². The molecule has 0 atom stereocenters. The Bertz CT molecular complexity index is 1200. The normalized spacial score (nSPS) is 15.4. The van der Waals surface area contributed by atoms with Gasteiger partial charge in [-0.3, -0.25) is 19.3 Å². The van der Waals surface area contributed by atoms with Gasteiger partial charge in [-0.2, -0.15) is 0 Å². The minimum atomic E-state index is -0.446. The van der Waals surface area contributed by atoms with Crippen LogP contribution in [-0.2, 0) is 16.1 Å². The molecular formula is C23H21N3O3S. The molecule has 4 rings (SSSR count). The molecule has 3 amide bonds. The fourth-order valence-corrected chi connectivity index (χ4v) is 4.31. The number of carbonyl (C=O) groups is 3. The summed E-state index contributed by atoms with van der Waals surface area (Å²) in [6.45, 7) is 4.42. The molecule has 1 N–H and O–H groups in total. The number of nitrogens with zero attached hydrogens (tertiary/aromatic N) is 2. The molecule has 1 aliphatic rings. The fraction of sp³-hybridized carbons (Fsp3) is 0.174. The Balaban J connectivity index is 1.54. The molecule has 1 saturated heterocycles. The van der Waals surface area contributed by atoms with Gasteiger partial charge < -0.3 is 9.88 Å². The van der Waals surface area contributed by atoms with Crippen molar-refractivity contribution in [3.05, 3.63) is 70.8 Å². The van der Waals surface area contributed by atoms with E-state index in [1.165, 1.54) is 0 Å². The van der Waals surface area contributed by atoms with E-state index < -0.39 is 17.1 Å². The number of fused-ring (bicyclic) bond motifs is 1.